The monoisotopic (exact) mass is 370 g/mol. The normalized spacial score (nSPS) is 20.0. The molecule has 0 aliphatic carbocycles. The zero-order valence-corrected chi connectivity index (χ0v) is 15.3. The van der Waals surface area contributed by atoms with Crippen molar-refractivity contribution in [2.24, 2.45) is 10.7 Å². The molecule has 2 aromatic rings. The van der Waals surface area contributed by atoms with Crippen molar-refractivity contribution in [1.82, 2.24) is 9.88 Å². The Labute approximate surface area is 156 Å². The molecule has 7 heteroatoms. The lowest BCUT2D eigenvalue weighted by molar-refractivity contribution is -0.135. The summed E-state index contributed by atoms with van der Waals surface area (Å²) in [6.07, 6.45) is 1.61. The molecule has 0 bridgehead atoms. The number of amidine groups is 1. The van der Waals surface area contributed by atoms with Gasteiger partial charge >= 0.3 is 0 Å². The number of Topliss-reactive ketones (excluding diaryl/α,β-unsaturated/α-hetero) is 1. The van der Waals surface area contributed by atoms with Gasteiger partial charge in [-0.05, 0) is 30.2 Å². The van der Waals surface area contributed by atoms with Crippen molar-refractivity contribution in [2.75, 3.05) is 13.6 Å². The van der Waals surface area contributed by atoms with Gasteiger partial charge in [0.05, 0.1) is 11.6 Å². The fraction of sp³-hybridized carbons (Fsp3) is 0.263. The maximum absolute atomic E-state index is 12.7. The molecule has 0 radical (unpaired) electrons. The van der Waals surface area contributed by atoms with E-state index in [9.17, 15) is 9.59 Å². The average molecular weight is 371 g/mol. The Morgan fingerprint density at radius 3 is 2.81 bits per heavy atom. The molecule has 1 amide bonds. The molecule has 1 aliphatic heterocycles. The van der Waals surface area contributed by atoms with Crippen molar-refractivity contribution in [2.45, 2.75) is 18.9 Å². The molecular weight excluding hydrogens is 352 g/mol. The van der Waals surface area contributed by atoms with Gasteiger partial charge in [-0.3, -0.25) is 14.6 Å². The number of hydrogen-bond acceptors (Lipinski definition) is 5. The predicted molar refractivity (Wildman–Crippen MR) is 100 cm³/mol. The van der Waals surface area contributed by atoms with Crippen LogP contribution in [-0.4, -0.2) is 41.0 Å². The molecule has 1 aromatic carbocycles. The van der Waals surface area contributed by atoms with E-state index in [2.05, 4.69) is 9.98 Å². The summed E-state index contributed by atoms with van der Waals surface area (Å²) in [4.78, 5) is 35.1. The van der Waals surface area contributed by atoms with Crippen molar-refractivity contribution in [3.63, 3.8) is 0 Å². The summed E-state index contributed by atoms with van der Waals surface area (Å²) in [5.41, 5.74) is 6.63. The van der Waals surface area contributed by atoms with Crippen molar-refractivity contribution >= 4 is 29.1 Å². The molecule has 0 saturated carbocycles. The van der Waals surface area contributed by atoms with Crippen LogP contribution in [0.1, 0.15) is 28.5 Å². The summed E-state index contributed by atoms with van der Waals surface area (Å²) in [7, 11) is 1.70. The number of rotatable bonds is 4. The molecule has 0 fully saturated rings. The van der Waals surface area contributed by atoms with Gasteiger partial charge in [0.15, 0.2) is 11.3 Å². The standard InChI is InChI=1S/C19H19ClN4O2/c1-19(18(26)24(2)11-17(21)23-19)13-5-3-4-12(8-13)9-16(25)15-7-6-14(20)10-22-15/h3-8,10H,9,11H2,1-2H3,(H2,21,23). The van der Waals surface area contributed by atoms with Crippen LogP contribution in [0.4, 0.5) is 0 Å². The Kier molecular flexibility index (Phi) is 4.78. The molecule has 1 unspecified atom stereocenters. The number of likely N-dealkylation sites (N-methyl/N-ethyl adjacent to an activating group) is 1. The number of aliphatic imine (C=N–C) groups is 1. The highest BCUT2D eigenvalue weighted by atomic mass is 35.5. The van der Waals surface area contributed by atoms with Gasteiger partial charge in [-0.1, -0.05) is 35.9 Å². The highest BCUT2D eigenvalue weighted by Gasteiger charge is 2.40. The molecule has 0 saturated heterocycles. The number of pyridine rings is 1. The van der Waals surface area contributed by atoms with Crippen LogP contribution in [0, 0.1) is 0 Å². The Bertz CT molecular complexity index is 895. The van der Waals surface area contributed by atoms with Crippen LogP contribution >= 0.6 is 11.6 Å². The summed E-state index contributed by atoms with van der Waals surface area (Å²) in [6, 6.07) is 10.5. The minimum atomic E-state index is -1.09. The van der Waals surface area contributed by atoms with Gasteiger partial charge in [0.1, 0.15) is 11.5 Å². The molecule has 2 heterocycles. The van der Waals surface area contributed by atoms with Crippen molar-refractivity contribution in [1.29, 1.82) is 0 Å². The van der Waals surface area contributed by atoms with Crippen LogP contribution in [0.25, 0.3) is 0 Å². The van der Waals surface area contributed by atoms with Gasteiger partial charge in [0, 0.05) is 19.7 Å². The number of hydrogen-bond donors (Lipinski definition) is 1. The first kappa shape index (κ1) is 18.1. The zero-order valence-electron chi connectivity index (χ0n) is 14.6. The van der Waals surface area contributed by atoms with E-state index in [0.29, 0.717) is 28.7 Å². The number of amides is 1. The van der Waals surface area contributed by atoms with Gasteiger partial charge in [-0.25, -0.2) is 4.99 Å². The maximum atomic E-state index is 12.7. The van der Waals surface area contributed by atoms with Crippen LogP contribution in [0.2, 0.25) is 5.02 Å². The molecule has 3 rings (SSSR count). The van der Waals surface area contributed by atoms with Crippen molar-refractivity contribution in [3.8, 4) is 0 Å². The molecule has 6 nitrogen and oxygen atoms in total. The Balaban J connectivity index is 1.89. The number of carbonyl (C=O) groups is 2. The number of carbonyl (C=O) groups excluding carboxylic acids is 2. The van der Waals surface area contributed by atoms with Gasteiger partial charge in [0.25, 0.3) is 5.91 Å². The smallest absolute Gasteiger partial charge is 0.255 e. The fourth-order valence-electron chi connectivity index (χ4n) is 3.05. The number of halogens is 1. The van der Waals surface area contributed by atoms with Crippen LogP contribution < -0.4 is 5.73 Å². The molecule has 1 aromatic heterocycles. The van der Waals surface area contributed by atoms with Gasteiger partial charge in [0.2, 0.25) is 0 Å². The number of benzene rings is 1. The summed E-state index contributed by atoms with van der Waals surface area (Å²) in [5, 5.41) is 0.479. The first-order chi connectivity index (χ1) is 12.3. The molecule has 26 heavy (non-hydrogen) atoms. The second-order valence-electron chi connectivity index (χ2n) is 6.50. The van der Waals surface area contributed by atoms with E-state index in [1.807, 2.05) is 24.3 Å². The maximum Gasteiger partial charge on any atom is 0.255 e. The molecule has 134 valence electrons. The third-order valence-electron chi connectivity index (χ3n) is 4.40. The summed E-state index contributed by atoms with van der Waals surface area (Å²) >= 11 is 5.80. The Morgan fingerprint density at radius 2 is 2.12 bits per heavy atom. The van der Waals surface area contributed by atoms with Gasteiger partial charge < -0.3 is 10.6 Å². The SMILES string of the molecule is CN1CC(N)=NC(C)(c2cccc(CC(=O)c3ccc(Cl)cn3)c2)C1=O. The van der Waals surface area contributed by atoms with E-state index in [1.54, 1.807) is 31.0 Å². The first-order valence-electron chi connectivity index (χ1n) is 8.13. The van der Waals surface area contributed by atoms with Crippen molar-refractivity contribution < 1.29 is 9.59 Å². The second-order valence-corrected chi connectivity index (χ2v) is 6.93. The average Bonchev–Trinajstić information content (AvgIpc) is 2.60. The van der Waals surface area contributed by atoms with Crippen LogP contribution in [0.15, 0.2) is 47.6 Å². The van der Waals surface area contributed by atoms with Crippen molar-refractivity contribution in [3.05, 3.63) is 64.4 Å². The third-order valence-corrected chi connectivity index (χ3v) is 4.62. The van der Waals surface area contributed by atoms with Crippen LogP contribution in [0.3, 0.4) is 0 Å². The van der Waals surface area contributed by atoms with E-state index in [4.69, 9.17) is 17.3 Å². The number of ketones is 1. The minimum absolute atomic E-state index is 0.126. The van der Waals surface area contributed by atoms with Crippen LogP contribution in [-0.2, 0) is 16.8 Å². The highest BCUT2D eigenvalue weighted by molar-refractivity contribution is 6.30. The van der Waals surface area contributed by atoms with Crippen LogP contribution in [0.5, 0.6) is 0 Å². The third kappa shape index (κ3) is 3.46. The molecule has 1 aliphatic rings. The molecule has 1 atom stereocenters. The number of aromatic nitrogens is 1. The highest BCUT2D eigenvalue weighted by Crippen LogP contribution is 2.30. The summed E-state index contributed by atoms with van der Waals surface area (Å²) in [5.74, 6) is 0.148. The van der Waals surface area contributed by atoms with E-state index in [1.165, 1.54) is 6.20 Å². The molecule has 2 N–H and O–H groups in total. The van der Waals surface area contributed by atoms with E-state index in [0.717, 1.165) is 5.56 Å². The minimum Gasteiger partial charge on any atom is -0.386 e. The summed E-state index contributed by atoms with van der Waals surface area (Å²) in [6.45, 7) is 2.05. The lowest BCUT2D eigenvalue weighted by Gasteiger charge is -2.34. The lowest BCUT2D eigenvalue weighted by atomic mass is 9.88. The molecular formula is C19H19ClN4O2. The Hall–Kier alpha value is -2.73. The van der Waals surface area contributed by atoms with E-state index in [-0.39, 0.29) is 18.1 Å². The fourth-order valence-corrected chi connectivity index (χ4v) is 3.16. The predicted octanol–water partition coefficient (Wildman–Crippen LogP) is 2.20. The second kappa shape index (κ2) is 6.88. The van der Waals surface area contributed by atoms with Gasteiger partial charge in [-0.2, -0.15) is 0 Å². The quantitative estimate of drug-likeness (QED) is 0.835. The lowest BCUT2D eigenvalue weighted by Crippen LogP contribution is -2.51. The number of nitrogens with two attached hydrogens (primary N) is 1. The zero-order chi connectivity index (χ0) is 18.9. The topological polar surface area (TPSA) is 88.7 Å². The summed E-state index contributed by atoms with van der Waals surface area (Å²) < 4.78 is 0. The molecule has 0 spiro atoms. The van der Waals surface area contributed by atoms with Gasteiger partial charge in [-0.15, -0.1) is 0 Å². The first-order valence-corrected chi connectivity index (χ1v) is 8.51. The number of nitrogens with zero attached hydrogens (tertiary/aromatic N) is 3. The van der Waals surface area contributed by atoms with E-state index < -0.39 is 5.54 Å². The largest absolute Gasteiger partial charge is 0.386 e. The van der Waals surface area contributed by atoms with E-state index >= 15 is 0 Å². The Morgan fingerprint density at radius 1 is 1.35 bits per heavy atom.